The van der Waals surface area contributed by atoms with Gasteiger partial charge in [-0.1, -0.05) is 29.3 Å². The number of aliphatic carboxylic acids is 1. The zero-order valence-corrected chi connectivity index (χ0v) is 12.7. The molecule has 7 heteroatoms. The number of ether oxygens (including phenoxy) is 1. The van der Waals surface area contributed by atoms with Crippen LogP contribution in [0.3, 0.4) is 0 Å². The van der Waals surface area contributed by atoms with Gasteiger partial charge in [0.05, 0.1) is 0 Å². The maximum Gasteiger partial charge on any atom is 0.408 e. The maximum atomic E-state index is 11.7. The largest absolute Gasteiger partial charge is 0.479 e. The molecule has 110 valence electrons. The molecule has 0 aromatic heterocycles. The van der Waals surface area contributed by atoms with E-state index in [1.807, 2.05) is 0 Å². The number of carbonyl (C=O) groups excluding carboxylic acids is 1. The molecule has 0 aliphatic carbocycles. The quantitative estimate of drug-likeness (QED) is 0.891. The monoisotopic (exact) mass is 319 g/mol. The molecule has 0 saturated carbocycles. The van der Waals surface area contributed by atoms with Crippen molar-refractivity contribution in [2.24, 2.45) is 0 Å². The van der Waals surface area contributed by atoms with E-state index in [1.54, 1.807) is 26.8 Å². The van der Waals surface area contributed by atoms with E-state index >= 15 is 0 Å². The van der Waals surface area contributed by atoms with Gasteiger partial charge in [-0.25, -0.2) is 9.59 Å². The summed E-state index contributed by atoms with van der Waals surface area (Å²) in [4.78, 5) is 23.0. The van der Waals surface area contributed by atoms with Gasteiger partial charge in [-0.3, -0.25) is 0 Å². The molecule has 20 heavy (non-hydrogen) atoms. The molecule has 0 bridgehead atoms. The first-order valence-corrected chi connectivity index (χ1v) is 6.53. The van der Waals surface area contributed by atoms with Crippen molar-refractivity contribution < 1.29 is 19.4 Å². The molecule has 0 radical (unpaired) electrons. The minimum atomic E-state index is -1.38. The van der Waals surface area contributed by atoms with Gasteiger partial charge in [-0.2, -0.15) is 0 Å². The van der Waals surface area contributed by atoms with E-state index in [-0.39, 0.29) is 15.6 Å². The lowest BCUT2D eigenvalue weighted by Gasteiger charge is -2.22. The Labute approximate surface area is 126 Å². The van der Waals surface area contributed by atoms with E-state index in [0.29, 0.717) is 0 Å². The van der Waals surface area contributed by atoms with Crippen molar-refractivity contribution >= 4 is 35.3 Å². The Morgan fingerprint density at radius 3 is 2.15 bits per heavy atom. The smallest absolute Gasteiger partial charge is 0.408 e. The summed E-state index contributed by atoms with van der Waals surface area (Å²) in [6.07, 6.45) is -0.860. The average molecular weight is 320 g/mol. The highest BCUT2D eigenvalue weighted by molar-refractivity contribution is 6.36. The normalized spacial score (nSPS) is 12.7. The number of carboxylic acids is 1. The van der Waals surface area contributed by atoms with E-state index in [0.717, 1.165) is 0 Å². The summed E-state index contributed by atoms with van der Waals surface area (Å²) < 4.78 is 5.02. The molecule has 0 unspecified atom stereocenters. The third kappa shape index (κ3) is 4.58. The number of hydrogen-bond donors (Lipinski definition) is 2. The standard InChI is InChI=1S/C13H15Cl2NO4/c1-13(2,3)20-12(19)16-10(11(17)18)9-7(14)5-4-6-8(9)15/h4-6,10H,1-3H3,(H,16,19)(H,17,18)/t10-/m0/s1. The number of nitrogens with one attached hydrogen (secondary N) is 1. The Balaban J connectivity index is 3.02. The Kier molecular flexibility index (Phi) is 5.25. The molecular formula is C13H15Cl2NO4. The van der Waals surface area contributed by atoms with Crippen molar-refractivity contribution in [3.63, 3.8) is 0 Å². The van der Waals surface area contributed by atoms with Crippen molar-refractivity contribution in [1.29, 1.82) is 0 Å². The first kappa shape index (κ1) is 16.6. The van der Waals surface area contributed by atoms with Crippen LogP contribution in [-0.2, 0) is 9.53 Å². The van der Waals surface area contributed by atoms with Crippen LogP contribution in [0.4, 0.5) is 4.79 Å². The zero-order chi connectivity index (χ0) is 15.5. The summed E-state index contributed by atoms with van der Waals surface area (Å²) >= 11 is 11.9. The molecule has 0 aliphatic heterocycles. The number of carboxylic acid groups (broad SMARTS) is 1. The van der Waals surface area contributed by atoms with E-state index in [1.165, 1.54) is 12.1 Å². The van der Waals surface area contributed by atoms with Crippen LogP contribution in [0.2, 0.25) is 10.0 Å². The fourth-order valence-electron chi connectivity index (χ4n) is 1.47. The molecule has 1 aromatic carbocycles. The molecule has 0 aliphatic rings. The predicted octanol–water partition coefficient (Wildman–Crippen LogP) is 3.64. The lowest BCUT2D eigenvalue weighted by atomic mass is 10.1. The summed E-state index contributed by atoms with van der Waals surface area (Å²) in [7, 11) is 0. The lowest BCUT2D eigenvalue weighted by molar-refractivity contribution is -0.139. The second-order valence-electron chi connectivity index (χ2n) is 5.05. The van der Waals surface area contributed by atoms with Gasteiger partial charge in [-0.15, -0.1) is 0 Å². The molecule has 1 aromatic rings. The highest BCUT2D eigenvalue weighted by atomic mass is 35.5. The first-order chi connectivity index (χ1) is 9.11. The van der Waals surface area contributed by atoms with Crippen molar-refractivity contribution in [1.82, 2.24) is 5.32 Å². The SMILES string of the molecule is CC(C)(C)OC(=O)N[C@H](C(=O)O)c1c(Cl)cccc1Cl. The fraction of sp³-hybridized carbons (Fsp3) is 0.385. The van der Waals surface area contributed by atoms with E-state index in [9.17, 15) is 14.7 Å². The predicted molar refractivity (Wildman–Crippen MR) is 76.2 cm³/mol. The average Bonchev–Trinajstić information content (AvgIpc) is 2.24. The van der Waals surface area contributed by atoms with Gasteiger partial charge in [0.2, 0.25) is 0 Å². The molecule has 1 rings (SSSR count). The molecule has 0 fully saturated rings. The second kappa shape index (κ2) is 6.33. The molecule has 0 saturated heterocycles. The molecule has 0 heterocycles. The van der Waals surface area contributed by atoms with Gasteiger partial charge < -0.3 is 15.2 Å². The Morgan fingerprint density at radius 2 is 1.75 bits per heavy atom. The first-order valence-electron chi connectivity index (χ1n) is 5.78. The summed E-state index contributed by atoms with van der Waals surface area (Å²) in [6, 6.07) is 3.19. The lowest BCUT2D eigenvalue weighted by Crippen LogP contribution is -2.38. The van der Waals surface area contributed by atoms with Crippen LogP contribution in [0, 0.1) is 0 Å². The van der Waals surface area contributed by atoms with Gasteiger partial charge in [-0.05, 0) is 32.9 Å². The molecule has 1 atom stereocenters. The number of benzene rings is 1. The Morgan fingerprint density at radius 1 is 1.25 bits per heavy atom. The highest BCUT2D eigenvalue weighted by Crippen LogP contribution is 2.30. The Bertz CT molecular complexity index is 505. The number of amides is 1. The number of alkyl carbamates (subject to hydrolysis) is 1. The van der Waals surface area contributed by atoms with Crippen LogP contribution < -0.4 is 5.32 Å². The van der Waals surface area contributed by atoms with Gasteiger partial charge in [0.25, 0.3) is 0 Å². The zero-order valence-electron chi connectivity index (χ0n) is 11.2. The summed E-state index contributed by atoms with van der Waals surface area (Å²) in [5, 5.41) is 11.8. The van der Waals surface area contributed by atoms with E-state index in [2.05, 4.69) is 5.32 Å². The minimum absolute atomic E-state index is 0.120. The molecule has 0 spiro atoms. The van der Waals surface area contributed by atoms with E-state index < -0.39 is 23.7 Å². The molecule has 2 N–H and O–H groups in total. The third-order valence-corrected chi connectivity index (χ3v) is 2.86. The van der Waals surface area contributed by atoms with Crippen LogP contribution in [0.25, 0.3) is 0 Å². The number of carbonyl (C=O) groups is 2. The summed E-state index contributed by atoms with van der Waals surface area (Å²) in [6.45, 7) is 5.01. The van der Waals surface area contributed by atoms with Gasteiger partial charge >= 0.3 is 12.1 Å². The number of halogens is 2. The molecule has 1 amide bonds. The van der Waals surface area contributed by atoms with Gasteiger partial charge in [0, 0.05) is 15.6 Å². The molecule has 5 nitrogen and oxygen atoms in total. The summed E-state index contributed by atoms with van der Waals surface area (Å²) in [5.74, 6) is -1.29. The van der Waals surface area contributed by atoms with Crippen LogP contribution in [0.15, 0.2) is 18.2 Å². The maximum absolute atomic E-state index is 11.7. The highest BCUT2D eigenvalue weighted by Gasteiger charge is 2.28. The van der Waals surface area contributed by atoms with Gasteiger partial charge in [0.1, 0.15) is 5.60 Å². The topological polar surface area (TPSA) is 75.6 Å². The van der Waals surface area contributed by atoms with Crippen molar-refractivity contribution in [3.05, 3.63) is 33.8 Å². The van der Waals surface area contributed by atoms with E-state index in [4.69, 9.17) is 27.9 Å². The van der Waals surface area contributed by atoms with Crippen LogP contribution >= 0.6 is 23.2 Å². The fourth-order valence-corrected chi connectivity index (χ4v) is 2.08. The Hall–Kier alpha value is -1.46. The molecular weight excluding hydrogens is 305 g/mol. The minimum Gasteiger partial charge on any atom is -0.479 e. The van der Waals surface area contributed by atoms with Crippen LogP contribution in [0.5, 0.6) is 0 Å². The number of rotatable bonds is 3. The van der Waals surface area contributed by atoms with Crippen molar-refractivity contribution in [2.45, 2.75) is 32.4 Å². The van der Waals surface area contributed by atoms with Crippen molar-refractivity contribution in [2.75, 3.05) is 0 Å². The number of hydrogen-bond acceptors (Lipinski definition) is 3. The van der Waals surface area contributed by atoms with Crippen LogP contribution in [0.1, 0.15) is 32.4 Å². The van der Waals surface area contributed by atoms with Crippen molar-refractivity contribution in [3.8, 4) is 0 Å². The third-order valence-electron chi connectivity index (χ3n) is 2.20. The summed E-state index contributed by atoms with van der Waals surface area (Å²) in [5.41, 5.74) is -0.619. The van der Waals surface area contributed by atoms with Gasteiger partial charge in [0.15, 0.2) is 6.04 Å². The second-order valence-corrected chi connectivity index (χ2v) is 5.87. The van der Waals surface area contributed by atoms with Crippen LogP contribution in [-0.4, -0.2) is 22.8 Å².